The largest absolute Gasteiger partial charge is 0.774 e. The Hall–Kier alpha value is -0.140. The van der Waals surface area contributed by atoms with Gasteiger partial charge in [-0.2, -0.15) is 0 Å². The summed E-state index contributed by atoms with van der Waals surface area (Å²) in [5.41, 5.74) is -0.521. The van der Waals surface area contributed by atoms with Crippen LogP contribution < -0.4 is 0 Å². The number of carbonyl (C=O) groups excluding carboxylic acids is 1. The number of hydrogen-bond donors (Lipinski definition) is 0. The summed E-state index contributed by atoms with van der Waals surface area (Å²) in [5.74, 6) is 0.686. The SMILES string of the molecule is CC1(C)C2CCC1(COOOS[O-])C(=O)C2. The number of carbonyl (C=O) groups is 1. The zero-order chi connectivity index (χ0) is 11.8. The van der Waals surface area contributed by atoms with E-state index in [0.717, 1.165) is 12.8 Å². The molecule has 0 saturated heterocycles. The van der Waals surface area contributed by atoms with Crippen molar-refractivity contribution in [3.8, 4) is 0 Å². The maximum absolute atomic E-state index is 12.0. The van der Waals surface area contributed by atoms with Crippen molar-refractivity contribution in [2.45, 2.75) is 33.1 Å². The summed E-state index contributed by atoms with van der Waals surface area (Å²) in [6.07, 6.45) is 2.52. The average Bonchev–Trinajstić information content (AvgIpc) is 2.58. The Bertz CT molecular complexity index is 293. The molecule has 0 radical (unpaired) electrons. The van der Waals surface area contributed by atoms with Gasteiger partial charge in [-0.15, -0.1) is 4.33 Å². The Balaban J connectivity index is 2.01. The molecule has 0 spiro atoms. The maximum atomic E-state index is 12.0. The first-order valence-corrected chi connectivity index (χ1v) is 5.99. The van der Waals surface area contributed by atoms with Crippen molar-refractivity contribution >= 4 is 18.1 Å². The molecule has 2 rings (SSSR count). The standard InChI is InChI=1S/C10H16O5S/c1-9(2)7-3-4-10(9,8(11)5-7)6-13-14-15-16-12/h7,12H,3-6H2,1-2H3/p-1. The molecule has 0 aliphatic heterocycles. The fraction of sp³-hybridized carbons (Fsp3) is 0.900. The third-order valence-corrected chi connectivity index (χ3v) is 4.66. The van der Waals surface area contributed by atoms with E-state index in [1.807, 2.05) is 0 Å². The maximum Gasteiger partial charge on any atom is 0.142 e. The molecule has 5 nitrogen and oxygen atoms in total. The normalized spacial score (nSPS) is 35.9. The second-order valence-corrected chi connectivity index (χ2v) is 5.41. The molecule has 0 N–H and O–H groups in total. The highest BCUT2D eigenvalue weighted by atomic mass is 32.2. The van der Waals surface area contributed by atoms with Gasteiger partial charge in [-0.3, -0.25) is 4.79 Å². The van der Waals surface area contributed by atoms with Crippen LogP contribution in [0.4, 0.5) is 0 Å². The third-order valence-electron chi connectivity index (χ3n) is 4.55. The molecule has 0 aromatic rings. The van der Waals surface area contributed by atoms with Crippen molar-refractivity contribution in [3.63, 3.8) is 0 Å². The summed E-state index contributed by atoms with van der Waals surface area (Å²) in [7, 11) is 0. The Kier molecular flexibility index (Phi) is 3.29. The van der Waals surface area contributed by atoms with Gasteiger partial charge in [-0.1, -0.05) is 31.2 Å². The smallest absolute Gasteiger partial charge is 0.142 e. The van der Waals surface area contributed by atoms with E-state index in [9.17, 15) is 9.35 Å². The minimum Gasteiger partial charge on any atom is -0.774 e. The third kappa shape index (κ3) is 1.60. The van der Waals surface area contributed by atoms with Crippen LogP contribution in [0.5, 0.6) is 0 Å². The quantitative estimate of drug-likeness (QED) is 0.320. The zero-order valence-electron chi connectivity index (χ0n) is 9.36. The lowest BCUT2D eigenvalue weighted by Crippen LogP contribution is -2.40. The van der Waals surface area contributed by atoms with Gasteiger partial charge in [0, 0.05) is 6.42 Å². The van der Waals surface area contributed by atoms with Gasteiger partial charge in [0.25, 0.3) is 0 Å². The van der Waals surface area contributed by atoms with E-state index >= 15 is 0 Å². The lowest BCUT2D eigenvalue weighted by atomic mass is 9.69. The Labute approximate surface area is 98.7 Å². The van der Waals surface area contributed by atoms with E-state index in [-0.39, 0.29) is 30.1 Å². The number of ketones is 1. The van der Waals surface area contributed by atoms with Gasteiger partial charge in [0.2, 0.25) is 0 Å². The van der Waals surface area contributed by atoms with Crippen LogP contribution in [-0.2, 0) is 19.1 Å². The van der Waals surface area contributed by atoms with Crippen LogP contribution in [0.3, 0.4) is 0 Å². The minimum atomic E-state index is -0.464. The van der Waals surface area contributed by atoms with E-state index in [1.165, 1.54) is 0 Å². The van der Waals surface area contributed by atoms with E-state index in [4.69, 9.17) is 4.89 Å². The molecule has 2 bridgehead atoms. The molecular formula is C10H15O5S-. The summed E-state index contributed by atoms with van der Waals surface area (Å²) >= 11 is -0.180. The molecule has 92 valence electrons. The fourth-order valence-electron chi connectivity index (χ4n) is 3.26. The first-order chi connectivity index (χ1) is 7.54. The van der Waals surface area contributed by atoms with Crippen LogP contribution in [0.25, 0.3) is 0 Å². The molecule has 2 saturated carbocycles. The molecule has 0 aromatic heterocycles. The van der Waals surface area contributed by atoms with Gasteiger partial charge >= 0.3 is 0 Å². The zero-order valence-corrected chi connectivity index (χ0v) is 10.2. The fourth-order valence-corrected chi connectivity index (χ4v) is 3.33. The minimum absolute atomic E-state index is 0.0575. The molecule has 6 heteroatoms. The molecule has 2 unspecified atom stereocenters. The van der Waals surface area contributed by atoms with Crippen molar-refractivity contribution in [3.05, 3.63) is 0 Å². The molecule has 0 amide bonds. The van der Waals surface area contributed by atoms with E-state index < -0.39 is 5.41 Å². The highest BCUT2D eigenvalue weighted by Crippen LogP contribution is 2.63. The molecule has 16 heavy (non-hydrogen) atoms. The van der Waals surface area contributed by atoms with Crippen molar-refractivity contribution in [1.29, 1.82) is 0 Å². The number of fused-ring (bicyclic) bond motifs is 2. The van der Waals surface area contributed by atoms with Crippen molar-refractivity contribution in [2.75, 3.05) is 6.61 Å². The summed E-state index contributed by atoms with van der Waals surface area (Å²) in [5, 5.41) is 4.23. The number of Topliss-reactive ketones (excluding diaryl/α,β-unsaturated/α-hetero) is 1. The summed E-state index contributed by atoms with van der Waals surface area (Å²) < 4.78 is 13.9. The number of hydrogen-bond acceptors (Lipinski definition) is 6. The summed E-state index contributed by atoms with van der Waals surface area (Å²) in [6, 6.07) is 0. The summed E-state index contributed by atoms with van der Waals surface area (Å²) in [4.78, 5) is 16.8. The molecule has 0 heterocycles. The Morgan fingerprint density at radius 1 is 1.56 bits per heavy atom. The van der Waals surface area contributed by atoms with Crippen LogP contribution in [0.2, 0.25) is 0 Å². The number of rotatable bonds is 5. The molecule has 0 aromatic carbocycles. The predicted molar refractivity (Wildman–Crippen MR) is 55.1 cm³/mol. The van der Waals surface area contributed by atoms with E-state index in [2.05, 4.69) is 23.2 Å². The van der Waals surface area contributed by atoms with Crippen molar-refractivity contribution in [1.82, 2.24) is 0 Å². The van der Waals surface area contributed by atoms with Gasteiger partial charge in [-0.05, 0) is 24.2 Å². The van der Waals surface area contributed by atoms with Gasteiger partial charge in [0.1, 0.15) is 5.78 Å². The lowest BCUT2D eigenvalue weighted by molar-refractivity contribution is -0.468. The second-order valence-electron chi connectivity index (χ2n) is 5.13. The van der Waals surface area contributed by atoms with Crippen LogP contribution in [0.1, 0.15) is 33.1 Å². The predicted octanol–water partition coefficient (Wildman–Crippen LogP) is 2.04. The summed E-state index contributed by atoms with van der Waals surface area (Å²) in [6.45, 7) is 4.36. The monoisotopic (exact) mass is 247 g/mol. The van der Waals surface area contributed by atoms with Crippen molar-refractivity contribution < 1.29 is 23.6 Å². The van der Waals surface area contributed by atoms with E-state index in [1.54, 1.807) is 0 Å². The highest BCUT2D eigenvalue weighted by Gasteiger charge is 2.64. The van der Waals surface area contributed by atoms with Gasteiger partial charge in [0.15, 0.2) is 0 Å². The van der Waals surface area contributed by atoms with Crippen LogP contribution in [0, 0.1) is 16.7 Å². The van der Waals surface area contributed by atoms with Crippen LogP contribution >= 0.6 is 12.3 Å². The van der Waals surface area contributed by atoms with E-state index in [0.29, 0.717) is 12.3 Å². The second kappa shape index (κ2) is 4.27. The van der Waals surface area contributed by atoms with Gasteiger partial charge in [-0.25, -0.2) is 4.89 Å². The molecule has 2 fully saturated rings. The highest BCUT2D eigenvalue weighted by molar-refractivity contribution is 7.88. The first kappa shape index (κ1) is 12.3. The lowest BCUT2D eigenvalue weighted by Gasteiger charge is -2.35. The Morgan fingerprint density at radius 2 is 2.31 bits per heavy atom. The van der Waals surface area contributed by atoms with Gasteiger partial charge in [0.05, 0.1) is 12.0 Å². The van der Waals surface area contributed by atoms with Crippen molar-refractivity contribution in [2.24, 2.45) is 16.7 Å². The molecule has 2 atom stereocenters. The van der Waals surface area contributed by atoms with Crippen LogP contribution in [0.15, 0.2) is 0 Å². The molecular weight excluding hydrogens is 232 g/mol. The Morgan fingerprint density at radius 3 is 2.81 bits per heavy atom. The topological polar surface area (TPSA) is 67.8 Å². The van der Waals surface area contributed by atoms with Crippen LogP contribution in [-0.4, -0.2) is 16.9 Å². The average molecular weight is 247 g/mol. The molecule has 2 aliphatic carbocycles. The first-order valence-electron chi connectivity index (χ1n) is 5.33. The molecule has 2 aliphatic rings. The van der Waals surface area contributed by atoms with Gasteiger partial charge < -0.3 is 4.55 Å².